The average molecular weight is 306 g/mol. The Kier molecular flexibility index (Phi) is 6.34. The van der Waals surface area contributed by atoms with E-state index in [-0.39, 0.29) is 23.3 Å². The van der Waals surface area contributed by atoms with Crippen LogP contribution in [0.4, 0.5) is 5.69 Å². The Morgan fingerprint density at radius 2 is 2.09 bits per heavy atom. The number of aliphatic hydroxyl groups is 1. The van der Waals surface area contributed by atoms with Crippen molar-refractivity contribution in [2.24, 2.45) is 5.92 Å². The SMILES string of the molecule is CC(CCc1ccccc1[N+](=O)[O-])NC1CCCCC1CO. The van der Waals surface area contributed by atoms with Gasteiger partial charge < -0.3 is 10.4 Å². The van der Waals surface area contributed by atoms with Gasteiger partial charge in [-0.1, -0.05) is 31.0 Å². The number of para-hydroxylation sites is 1. The van der Waals surface area contributed by atoms with Gasteiger partial charge in [-0.3, -0.25) is 10.1 Å². The number of benzene rings is 1. The molecule has 1 aromatic carbocycles. The lowest BCUT2D eigenvalue weighted by Gasteiger charge is -2.33. The third kappa shape index (κ3) is 4.52. The molecule has 1 aliphatic rings. The summed E-state index contributed by atoms with van der Waals surface area (Å²) in [6, 6.07) is 7.62. The molecule has 3 unspecified atom stereocenters. The lowest BCUT2D eigenvalue weighted by atomic mass is 9.84. The maximum atomic E-state index is 11.0. The first kappa shape index (κ1) is 16.9. The molecule has 0 radical (unpaired) electrons. The first-order valence-electron chi connectivity index (χ1n) is 8.21. The molecule has 122 valence electrons. The molecule has 5 nitrogen and oxygen atoms in total. The number of rotatable bonds is 7. The number of hydrogen-bond donors (Lipinski definition) is 2. The van der Waals surface area contributed by atoms with Crippen molar-refractivity contribution in [1.82, 2.24) is 5.32 Å². The highest BCUT2D eigenvalue weighted by atomic mass is 16.6. The van der Waals surface area contributed by atoms with E-state index < -0.39 is 0 Å². The summed E-state index contributed by atoms with van der Waals surface area (Å²) in [4.78, 5) is 10.7. The highest BCUT2D eigenvalue weighted by molar-refractivity contribution is 5.39. The van der Waals surface area contributed by atoms with Gasteiger partial charge in [0.05, 0.1) is 4.92 Å². The second-order valence-electron chi connectivity index (χ2n) is 6.33. The largest absolute Gasteiger partial charge is 0.396 e. The van der Waals surface area contributed by atoms with Crippen molar-refractivity contribution in [3.63, 3.8) is 0 Å². The smallest absolute Gasteiger partial charge is 0.272 e. The molecule has 1 aliphatic carbocycles. The molecule has 1 saturated carbocycles. The van der Waals surface area contributed by atoms with Crippen LogP contribution >= 0.6 is 0 Å². The zero-order valence-corrected chi connectivity index (χ0v) is 13.2. The van der Waals surface area contributed by atoms with Crippen LogP contribution in [0.15, 0.2) is 24.3 Å². The molecule has 3 atom stereocenters. The molecular weight excluding hydrogens is 280 g/mol. The summed E-state index contributed by atoms with van der Waals surface area (Å²) in [6.45, 7) is 2.37. The minimum Gasteiger partial charge on any atom is -0.396 e. The van der Waals surface area contributed by atoms with E-state index in [1.807, 2.05) is 12.1 Å². The molecule has 1 aromatic rings. The fourth-order valence-electron chi connectivity index (χ4n) is 3.37. The van der Waals surface area contributed by atoms with E-state index in [1.54, 1.807) is 12.1 Å². The quantitative estimate of drug-likeness (QED) is 0.599. The summed E-state index contributed by atoms with van der Waals surface area (Å²) in [6.07, 6.45) is 6.17. The number of aryl methyl sites for hydroxylation is 1. The topological polar surface area (TPSA) is 75.4 Å². The lowest BCUT2D eigenvalue weighted by molar-refractivity contribution is -0.385. The van der Waals surface area contributed by atoms with E-state index >= 15 is 0 Å². The van der Waals surface area contributed by atoms with Gasteiger partial charge in [-0.15, -0.1) is 0 Å². The van der Waals surface area contributed by atoms with Crippen LogP contribution in [0.3, 0.4) is 0 Å². The van der Waals surface area contributed by atoms with Crippen molar-refractivity contribution >= 4 is 5.69 Å². The first-order chi connectivity index (χ1) is 10.6. The standard InChI is InChI=1S/C17H26N2O3/c1-13(18-16-8-4-2-7-15(16)12-20)10-11-14-6-3-5-9-17(14)19(21)22/h3,5-6,9,13,15-16,18,20H,2,4,7-8,10-12H2,1H3. The Bertz CT molecular complexity index is 493. The molecule has 0 saturated heterocycles. The van der Waals surface area contributed by atoms with E-state index in [0.717, 1.165) is 24.8 Å². The summed E-state index contributed by atoms with van der Waals surface area (Å²) >= 11 is 0. The predicted octanol–water partition coefficient (Wildman–Crippen LogP) is 3.06. The predicted molar refractivity (Wildman–Crippen MR) is 86.8 cm³/mol. The van der Waals surface area contributed by atoms with Crippen LogP contribution in [0, 0.1) is 16.0 Å². The van der Waals surface area contributed by atoms with Crippen LogP contribution in [0.25, 0.3) is 0 Å². The second-order valence-corrected chi connectivity index (χ2v) is 6.33. The summed E-state index contributed by atoms with van der Waals surface area (Å²) in [5, 5.41) is 24.1. The second kappa shape index (κ2) is 8.25. The van der Waals surface area contributed by atoms with Crippen LogP contribution in [0.2, 0.25) is 0 Å². The molecule has 0 aromatic heterocycles. The highest BCUT2D eigenvalue weighted by Gasteiger charge is 2.25. The molecule has 5 heteroatoms. The van der Waals surface area contributed by atoms with Crippen molar-refractivity contribution in [3.8, 4) is 0 Å². The minimum atomic E-state index is -0.309. The monoisotopic (exact) mass is 306 g/mol. The lowest BCUT2D eigenvalue weighted by Crippen LogP contribution is -2.44. The summed E-state index contributed by atoms with van der Waals surface area (Å²) < 4.78 is 0. The molecule has 0 aliphatic heterocycles. The molecule has 0 amide bonds. The molecule has 0 bridgehead atoms. The van der Waals surface area contributed by atoms with Crippen molar-refractivity contribution in [2.45, 2.75) is 57.5 Å². The van der Waals surface area contributed by atoms with Gasteiger partial charge in [0.15, 0.2) is 0 Å². The van der Waals surface area contributed by atoms with Gasteiger partial charge in [-0.2, -0.15) is 0 Å². The molecule has 2 N–H and O–H groups in total. The maximum absolute atomic E-state index is 11.0. The molecule has 0 spiro atoms. The molecular formula is C17H26N2O3. The summed E-state index contributed by atoms with van der Waals surface area (Å²) in [5.41, 5.74) is 1.00. The summed E-state index contributed by atoms with van der Waals surface area (Å²) in [5.74, 6) is 0.349. The van der Waals surface area contributed by atoms with Crippen molar-refractivity contribution in [1.29, 1.82) is 0 Å². The van der Waals surface area contributed by atoms with Crippen molar-refractivity contribution in [3.05, 3.63) is 39.9 Å². The molecule has 1 fully saturated rings. The molecule has 2 rings (SSSR count). The van der Waals surface area contributed by atoms with Crippen LogP contribution in [0.5, 0.6) is 0 Å². The number of nitrogens with zero attached hydrogens (tertiary/aromatic N) is 1. The summed E-state index contributed by atoms with van der Waals surface area (Å²) in [7, 11) is 0. The normalized spacial score (nSPS) is 23.2. The number of hydrogen-bond acceptors (Lipinski definition) is 4. The number of nitro benzene ring substituents is 1. The number of aliphatic hydroxyl groups excluding tert-OH is 1. The number of nitrogens with one attached hydrogen (secondary N) is 1. The van der Waals surface area contributed by atoms with E-state index in [4.69, 9.17) is 0 Å². The van der Waals surface area contributed by atoms with Crippen LogP contribution < -0.4 is 5.32 Å². The zero-order chi connectivity index (χ0) is 15.9. The van der Waals surface area contributed by atoms with Crippen molar-refractivity contribution < 1.29 is 10.0 Å². The Morgan fingerprint density at radius 3 is 2.82 bits per heavy atom. The zero-order valence-electron chi connectivity index (χ0n) is 13.2. The first-order valence-corrected chi connectivity index (χ1v) is 8.21. The van der Waals surface area contributed by atoms with Gasteiger partial charge in [0.1, 0.15) is 0 Å². The Hall–Kier alpha value is -1.46. The molecule has 0 heterocycles. The van der Waals surface area contributed by atoms with Crippen LogP contribution in [-0.4, -0.2) is 28.7 Å². The molecule has 22 heavy (non-hydrogen) atoms. The van der Waals surface area contributed by atoms with Crippen LogP contribution in [0.1, 0.15) is 44.6 Å². The average Bonchev–Trinajstić information content (AvgIpc) is 2.53. The van der Waals surface area contributed by atoms with E-state index in [2.05, 4.69) is 12.2 Å². The highest BCUT2D eigenvalue weighted by Crippen LogP contribution is 2.25. The van der Waals surface area contributed by atoms with Gasteiger partial charge in [0.2, 0.25) is 0 Å². The Labute approximate surface area is 131 Å². The third-order valence-corrected chi connectivity index (χ3v) is 4.68. The van der Waals surface area contributed by atoms with E-state index in [9.17, 15) is 15.2 Å². The Morgan fingerprint density at radius 1 is 1.36 bits per heavy atom. The third-order valence-electron chi connectivity index (χ3n) is 4.68. The van der Waals surface area contributed by atoms with Gasteiger partial charge in [0.25, 0.3) is 5.69 Å². The number of nitro groups is 1. The van der Waals surface area contributed by atoms with E-state index in [1.165, 1.54) is 12.8 Å². The van der Waals surface area contributed by atoms with Gasteiger partial charge in [-0.25, -0.2) is 0 Å². The van der Waals surface area contributed by atoms with Crippen LogP contribution in [-0.2, 0) is 6.42 Å². The van der Waals surface area contributed by atoms with Gasteiger partial charge in [0, 0.05) is 30.3 Å². The van der Waals surface area contributed by atoms with Crippen molar-refractivity contribution in [2.75, 3.05) is 6.61 Å². The van der Waals surface area contributed by atoms with Gasteiger partial charge >= 0.3 is 0 Å². The fourth-order valence-corrected chi connectivity index (χ4v) is 3.37. The van der Waals surface area contributed by atoms with E-state index in [0.29, 0.717) is 18.4 Å². The Balaban J connectivity index is 1.87. The maximum Gasteiger partial charge on any atom is 0.272 e. The van der Waals surface area contributed by atoms with Gasteiger partial charge in [-0.05, 0) is 38.5 Å². The minimum absolute atomic E-state index is 0.209. The fraction of sp³-hybridized carbons (Fsp3) is 0.647.